The molecule has 1 aromatic carbocycles. The molecule has 11 heteroatoms. The fraction of sp³-hybridized carbons (Fsp3) is 0.550. The van der Waals surface area contributed by atoms with E-state index in [1.165, 1.54) is 11.3 Å². The van der Waals surface area contributed by atoms with Crippen molar-refractivity contribution < 1.29 is 22.7 Å². The van der Waals surface area contributed by atoms with Crippen molar-refractivity contribution in [2.45, 2.75) is 26.3 Å². The normalized spacial score (nSPS) is 16.2. The van der Waals surface area contributed by atoms with E-state index < -0.39 is 33.2 Å². The Labute approximate surface area is 194 Å². The molecule has 0 N–H and O–H groups in total. The number of carbonyl (C=O) groups excluding carboxylic acids is 2. The lowest BCUT2D eigenvalue weighted by atomic mass is 9.99. The number of aromatic nitrogens is 1. The third-order valence-electron chi connectivity index (χ3n) is 5.21. The summed E-state index contributed by atoms with van der Waals surface area (Å²) in [6.07, 6.45) is 1.73. The molecule has 0 radical (unpaired) electrons. The number of hydrogen-bond donors (Lipinski definition) is 0. The number of benzene rings is 1. The van der Waals surface area contributed by atoms with Crippen LogP contribution < -0.4 is 4.80 Å². The van der Waals surface area contributed by atoms with Crippen molar-refractivity contribution in [2.24, 2.45) is 10.9 Å². The van der Waals surface area contributed by atoms with Gasteiger partial charge in [0.1, 0.15) is 11.5 Å². The van der Waals surface area contributed by atoms with Crippen molar-refractivity contribution in [1.29, 1.82) is 0 Å². The largest absolute Gasteiger partial charge is 0.383 e. The van der Waals surface area contributed by atoms with Gasteiger partial charge < -0.3 is 14.2 Å². The number of likely N-dealkylation sites (tertiary alicyclic amines) is 1. The average molecular weight is 532 g/mol. The molecule has 2 heterocycles. The van der Waals surface area contributed by atoms with Crippen molar-refractivity contribution in [1.82, 2.24) is 9.47 Å². The molecule has 3 rings (SSSR count). The van der Waals surface area contributed by atoms with Gasteiger partial charge in [-0.25, -0.2) is 8.42 Å². The molecule has 31 heavy (non-hydrogen) atoms. The Hall–Kier alpha value is -1.56. The number of fused-ring (bicyclic) bond motifs is 1. The predicted molar refractivity (Wildman–Crippen MR) is 124 cm³/mol. The number of piperidine rings is 1. The number of amides is 2. The van der Waals surface area contributed by atoms with Crippen LogP contribution in [-0.4, -0.2) is 68.0 Å². The second-order valence-electron chi connectivity index (χ2n) is 7.74. The molecule has 0 unspecified atom stereocenters. The Bertz CT molecular complexity index is 1130. The van der Waals surface area contributed by atoms with Gasteiger partial charge in [-0.2, -0.15) is 4.99 Å². The van der Waals surface area contributed by atoms with E-state index in [-0.39, 0.29) is 0 Å². The van der Waals surface area contributed by atoms with Crippen LogP contribution in [0.5, 0.6) is 0 Å². The van der Waals surface area contributed by atoms with Crippen molar-refractivity contribution in [3.63, 3.8) is 0 Å². The van der Waals surface area contributed by atoms with Crippen LogP contribution in [0.3, 0.4) is 0 Å². The van der Waals surface area contributed by atoms with Crippen LogP contribution in [0.4, 0.5) is 0 Å². The highest BCUT2D eigenvalue weighted by Gasteiger charge is 2.26. The van der Waals surface area contributed by atoms with E-state index in [2.05, 4.69) is 27.8 Å². The van der Waals surface area contributed by atoms with Crippen LogP contribution in [0.2, 0.25) is 0 Å². The van der Waals surface area contributed by atoms with Gasteiger partial charge in [-0.15, -0.1) is 0 Å². The third-order valence-corrected chi connectivity index (χ3v) is 8.12. The highest BCUT2D eigenvalue weighted by atomic mass is 79.9. The predicted octanol–water partition coefficient (Wildman–Crippen LogP) is 2.21. The maximum Gasteiger partial charge on any atom is 0.263 e. The molecule has 0 aliphatic carbocycles. The number of rotatable bonds is 7. The standard InChI is InChI=1S/C20H26BrN3O5S2/c1-14-5-7-23(8-6-14)19(26)13-31(27,28)12-18(25)22-20-24(9-10-29-2)16-4-3-15(21)11-17(16)30-20/h3-4,11,14H,5-10,12-13H2,1-2H3. The average Bonchev–Trinajstić information content (AvgIpc) is 3.01. The molecule has 1 aliphatic rings. The van der Waals surface area contributed by atoms with Gasteiger partial charge in [-0.3, -0.25) is 9.59 Å². The van der Waals surface area contributed by atoms with Crippen LogP contribution >= 0.6 is 27.3 Å². The van der Waals surface area contributed by atoms with Crippen LogP contribution in [0.25, 0.3) is 10.2 Å². The Morgan fingerprint density at radius 1 is 1.26 bits per heavy atom. The van der Waals surface area contributed by atoms with Crippen LogP contribution in [0, 0.1) is 5.92 Å². The lowest BCUT2D eigenvalue weighted by molar-refractivity contribution is -0.129. The van der Waals surface area contributed by atoms with Gasteiger partial charge in [-0.1, -0.05) is 34.2 Å². The van der Waals surface area contributed by atoms with E-state index in [9.17, 15) is 18.0 Å². The van der Waals surface area contributed by atoms with Gasteiger partial charge in [0.2, 0.25) is 5.91 Å². The number of hydrogen-bond acceptors (Lipinski definition) is 6. The Morgan fingerprint density at radius 2 is 1.97 bits per heavy atom. The SMILES string of the molecule is COCCn1c(=NC(=O)CS(=O)(=O)CC(=O)N2CCC(C)CC2)sc2cc(Br)ccc21. The van der Waals surface area contributed by atoms with Gasteiger partial charge in [0.05, 0.1) is 16.8 Å². The van der Waals surface area contributed by atoms with Crippen molar-refractivity contribution >= 4 is 59.1 Å². The van der Waals surface area contributed by atoms with E-state index in [1.807, 2.05) is 22.8 Å². The fourth-order valence-electron chi connectivity index (χ4n) is 3.45. The summed E-state index contributed by atoms with van der Waals surface area (Å²) in [5.41, 5.74) is 0.883. The summed E-state index contributed by atoms with van der Waals surface area (Å²) in [7, 11) is -2.32. The smallest absolute Gasteiger partial charge is 0.263 e. The van der Waals surface area contributed by atoms with Crippen LogP contribution in [0.15, 0.2) is 27.7 Å². The molecule has 1 fully saturated rings. The van der Waals surface area contributed by atoms with E-state index >= 15 is 0 Å². The zero-order valence-corrected chi connectivity index (χ0v) is 20.8. The molecule has 2 aromatic rings. The molecule has 8 nitrogen and oxygen atoms in total. The fourth-order valence-corrected chi connectivity index (χ4v) is 6.17. The summed E-state index contributed by atoms with van der Waals surface area (Å²) < 4.78 is 33.7. The van der Waals surface area contributed by atoms with Crippen molar-refractivity contribution in [2.75, 3.05) is 38.3 Å². The molecule has 1 aromatic heterocycles. The van der Waals surface area contributed by atoms with Gasteiger partial charge in [0.25, 0.3) is 5.91 Å². The molecule has 2 amide bonds. The van der Waals surface area contributed by atoms with Gasteiger partial charge in [-0.05, 0) is 37.0 Å². The van der Waals surface area contributed by atoms with Gasteiger partial charge in [0.15, 0.2) is 14.6 Å². The lowest BCUT2D eigenvalue weighted by Gasteiger charge is -2.30. The number of thiazole rings is 1. The van der Waals surface area contributed by atoms with Crippen LogP contribution in [0.1, 0.15) is 19.8 Å². The minimum atomic E-state index is -3.90. The minimum Gasteiger partial charge on any atom is -0.383 e. The summed E-state index contributed by atoms with van der Waals surface area (Å²) in [4.78, 5) is 30.9. The molecule has 0 bridgehead atoms. The van der Waals surface area contributed by atoms with Gasteiger partial charge in [0, 0.05) is 31.2 Å². The quantitative estimate of drug-likeness (QED) is 0.545. The summed E-state index contributed by atoms with van der Waals surface area (Å²) in [6.45, 7) is 4.13. The lowest BCUT2D eigenvalue weighted by Crippen LogP contribution is -2.41. The molecular formula is C20H26BrN3O5S2. The van der Waals surface area contributed by atoms with Gasteiger partial charge >= 0.3 is 0 Å². The zero-order chi connectivity index (χ0) is 22.6. The van der Waals surface area contributed by atoms with E-state index in [0.29, 0.717) is 37.0 Å². The Morgan fingerprint density at radius 3 is 2.65 bits per heavy atom. The number of sulfone groups is 1. The number of halogens is 1. The van der Waals surface area contributed by atoms with E-state index in [0.717, 1.165) is 27.5 Å². The highest BCUT2D eigenvalue weighted by molar-refractivity contribution is 9.10. The summed E-state index contributed by atoms with van der Waals surface area (Å²) >= 11 is 4.73. The first-order valence-corrected chi connectivity index (χ1v) is 13.4. The van der Waals surface area contributed by atoms with Crippen molar-refractivity contribution in [3.8, 4) is 0 Å². The summed E-state index contributed by atoms with van der Waals surface area (Å²) in [5, 5.41) is 0. The Balaban J connectivity index is 1.76. The van der Waals surface area contributed by atoms with Crippen molar-refractivity contribution in [3.05, 3.63) is 27.5 Å². The second-order valence-corrected chi connectivity index (χ2v) is 11.7. The molecule has 0 saturated carbocycles. The molecule has 0 atom stereocenters. The third kappa shape index (κ3) is 6.47. The molecule has 1 saturated heterocycles. The maximum atomic E-state index is 12.5. The number of carbonyl (C=O) groups is 2. The number of methoxy groups -OCH3 is 1. The maximum absolute atomic E-state index is 12.5. The first-order valence-electron chi connectivity index (χ1n) is 10.0. The Kier molecular flexibility index (Phi) is 8.06. The summed E-state index contributed by atoms with van der Waals surface area (Å²) in [5.74, 6) is -2.14. The number of nitrogens with zero attached hydrogens (tertiary/aromatic N) is 3. The zero-order valence-electron chi connectivity index (χ0n) is 17.5. The highest BCUT2D eigenvalue weighted by Crippen LogP contribution is 2.22. The molecular weight excluding hydrogens is 506 g/mol. The number of ether oxygens (including phenoxy) is 1. The van der Waals surface area contributed by atoms with Crippen LogP contribution in [-0.2, 0) is 30.7 Å². The summed E-state index contributed by atoms with van der Waals surface area (Å²) in [6, 6.07) is 5.72. The molecule has 1 aliphatic heterocycles. The minimum absolute atomic E-state index is 0.404. The topological polar surface area (TPSA) is 98.0 Å². The first kappa shape index (κ1) is 24.1. The first-order chi connectivity index (χ1) is 14.7. The molecule has 0 spiro atoms. The molecule has 170 valence electrons. The monoisotopic (exact) mass is 531 g/mol. The van der Waals surface area contributed by atoms with E-state index in [4.69, 9.17) is 4.74 Å². The second kappa shape index (κ2) is 10.4. The van der Waals surface area contributed by atoms with E-state index in [1.54, 1.807) is 12.0 Å².